The zero-order valence-corrected chi connectivity index (χ0v) is 24.3. The van der Waals surface area contributed by atoms with E-state index in [-0.39, 0.29) is 34.5 Å². The molecule has 6 rings (SSSR count). The van der Waals surface area contributed by atoms with Gasteiger partial charge in [0.1, 0.15) is 11.2 Å². The van der Waals surface area contributed by atoms with E-state index in [0.29, 0.717) is 33.9 Å². The van der Waals surface area contributed by atoms with Crippen molar-refractivity contribution in [3.8, 4) is 0 Å². The summed E-state index contributed by atoms with van der Waals surface area (Å²) in [5, 5.41) is 3.39. The molecule has 212 valence electrons. The van der Waals surface area contributed by atoms with Gasteiger partial charge in [-0.25, -0.2) is 4.39 Å². The Labute approximate surface area is 247 Å². The second kappa shape index (κ2) is 9.54. The van der Waals surface area contributed by atoms with Gasteiger partial charge < -0.3 is 11.1 Å². The van der Waals surface area contributed by atoms with Crippen LogP contribution in [0.25, 0.3) is 0 Å². The van der Waals surface area contributed by atoms with Gasteiger partial charge >= 0.3 is 0 Å². The molecule has 3 aliphatic heterocycles. The first-order chi connectivity index (χ1) is 19.3. The lowest BCUT2D eigenvalue weighted by atomic mass is 9.62. The molecule has 0 aromatic heterocycles. The number of primary amides is 1. The van der Waals surface area contributed by atoms with E-state index < -0.39 is 35.1 Å². The van der Waals surface area contributed by atoms with Gasteiger partial charge in [0.15, 0.2) is 0 Å². The summed E-state index contributed by atoms with van der Waals surface area (Å²) in [6.07, 6.45) is 0.541. The molecular weight excluding hydrogens is 566 g/mol. The van der Waals surface area contributed by atoms with Crippen LogP contribution in [0, 0.1) is 11.2 Å². The molecule has 0 radical (unpaired) electrons. The molecule has 3 amide bonds. The van der Waals surface area contributed by atoms with Crippen molar-refractivity contribution in [2.45, 2.75) is 50.6 Å². The van der Waals surface area contributed by atoms with Crippen molar-refractivity contribution in [3.05, 3.63) is 93.2 Å². The molecule has 0 bridgehead atoms. The lowest BCUT2D eigenvalue weighted by Crippen LogP contribution is -2.52. The number of amides is 3. The minimum absolute atomic E-state index is 0.0810. The van der Waals surface area contributed by atoms with Crippen molar-refractivity contribution >= 4 is 52.3 Å². The van der Waals surface area contributed by atoms with E-state index in [0.717, 1.165) is 0 Å². The number of halogens is 3. The quantitative estimate of drug-likeness (QED) is 0.405. The Kier molecular flexibility index (Phi) is 6.45. The summed E-state index contributed by atoms with van der Waals surface area (Å²) >= 11 is 12.6. The second-order valence-electron chi connectivity index (χ2n) is 12.2. The molecule has 0 unspecified atom stereocenters. The smallest absolute Gasteiger partial charge is 0.248 e. The fraction of sp³-hybridized carbons (Fsp3) is 0.323. The highest BCUT2D eigenvalue weighted by Crippen LogP contribution is 2.61. The maximum atomic E-state index is 16.0. The lowest BCUT2D eigenvalue weighted by Gasteiger charge is -2.40. The number of hydrogen-bond acceptors (Lipinski definition) is 4. The highest BCUT2D eigenvalue weighted by Gasteiger charge is 2.71. The number of anilines is 2. The first-order valence-corrected chi connectivity index (χ1v) is 14.1. The van der Waals surface area contributed by atoms with Crippen LogP contribution in [-0.2, 0) is 15.0 Å². The van der Waals surface area contributed by atoms with Crippen LogP contribution in [0.4, 0.5) is 15.8 Å². The normalized spacial score (nSPS) is 25.5. The Hall–Kier alpha value is -3.46. The molecule has 3 N–H and O–H groups in total. The molecule has 41 heavy (non-hydrogen) atoms. The van der Waals surface area contributed by atoms with Gasteiger partial charge in [0.05, 0.1) is 17.7 Å². The van der Waals surface area contributed by atoms with Crippen molar-refractivity contribution in [1.82, 2.24) is 4.90 Å². The van der Waals surface area contributed by atoms with Crippen molar-refractivity contribution in [2.24, 2.45) is 11.1 Å². The summed E-state index contributed by atoms with van der Waals surface area (Å²) in [5.74, 6) is -2.68. The predicted octanol–water partition coefficient (Wildman–Crippen LogP) is 5.70. The Balaban J connectivity index is 1.59. The molecule has 4 atom stereocenters. The van der Waals surface area contributed by atoms with Crippen LogP contribution in [-0.4, -0.2) is 41.4 Å². The minimum Gasteiger partial charge on any atom is -0.366 e. The van der Waals surface area contributed by atoms with Gasteiger partial charge in [-0.15, -0.1) is 0 Å². The van der Waals surface area contributed by atoms with E-state index >= 15 is 4.39 Å². The zero-order chi connectivity index (χ0) is 29.4. The molecule has 3 heterocycles. The van der Waals surface area contributed by atoms with Crippen LogP contribution in [0.5, 0.6) is 0 Å². The van der Waals surface area contributed by atoms with Crippen LogP contribution < -0.4 is 16.0 Å². The highest BCUT2D eigenvalue weighted by atomic mass is 35.5. The average molecular weight is 596 g/mol. The number of carbonyl (C=O) groups excluding carboxylic acids is 3. The van der Waals surface area contributed by atoms with Gasteiger partial charge in [0.25, 0.3) is 0 Å². The van der Waals surface area contributed by atoms with E-state index in [2.05, 4.69) is 26.1 Å². The molecular formula is C31H29Cl2FN4O3. The minimum atomic E-state index is -1.29. The molecule has 10 heteroatoms. The van der Waals surface area contributed by atoms with E-state index in [1.54, 1.807) is 53.4 Å². The monoisotopic (exact) mass is 594 g/mol. The van der Waals surface area contributed by atoms with Crippen molar-refractivity contribution in [2.75, 3.05) is 16.9 Å². The topological polar surface area (TPSA) is 95.7 Å². The maximum Gasteiger partial charge on any atom is 0.248 e. The molecule has 0 saturated carbocycles. The largest absolute Gasteiger partial charge is 0.366 e. The van der Waals surface area contributed by atoms with E-state index in [1.807, 2.05) is 11.0 Å². The first-order valence-electron chi connectivity index (χ1n) is 13.4. The summed E-state index contributed by atoms with van der Waals surface area (Å²) in [6, 6.07) is 15.1. The SMILES string of the molecule is CC(C)(C)C[C@@H]1N2CN(c3ccc(C(N)=O)cc3)C(=O)[C@H]2[C@H](c2cccc(Cl)c2F)[C@]12C(=O)Nc1cc(Cl)ccc12. The number of nitrogens with zero attached hydrogens (tertiary/aromatic N) is 2. The number of rotatable bonds is 4. The second-order valence-corrected chi connectivity index (χ2v) is 13.0. The van der Waals surface area contributed by atoms with Crippen LogP contribution in [0.2, 0.25) is 10.0 Å². The van der Waals surface area contributed by atoms with Gasteiger partial charge in [-0.3, -0.25) is 24.2 Å². The number of benzene rings is 3. The Bertz CT molecular complexity index is 1610. The number of fused-ring (bicyclic) bond motifs is 3. The fourth-order valence-electron chi connectivity index (χ4n) is 6.98. The third kappa shape index (κ3) is 4.15. The summed E-state index contributed by atoms with van der Waals surface area (Å²) in [5.41, 5.74) is 6.22. The molecule has 3 aromatic carbocycles. The van der Waals surface area contributed by atoms with Gasteiger partial charge in [-0.1, -0.05) is 62.2 Å². The first kappa shape index (κ1) is 27.7. The third-order valence-corrected chi connectivity index (χ3v) is 9.08. The Morgan fingerprint density at radius 1 is 1.10 bits per heavy atom. The van der Waals surface area contributed by atoms with Crippen molar-refractivity contribution < 1.29 is 18.8 Å². The number of carbonyl (C=O) groups is 3. The van der Waals surface area contributed by atoms with Crippen molar-refractivity contribution in [3.63, 3.8) is 0 Å². The van der Waals surface area contributed by atoms with E-state index in [9.17, 15) is 14.4 Å². The summed E-state index contributed by atoms with van der Waals surface area (Å²) < 4.78 is 16.0. The lowest BCUT2D eigenvalue weighted by molar-refractivity contribution is -0.122. The van der Waals surface area contributed by atoms with Crippen molar-refractivity contribution in [1.29, 1.82) is 0 Å². The van der Waals surface area contributed by atoms with Crippen LogP contribution in [0.1, 0.15) is 54.6 Å². The summed E-state index contributed by atoms with van der Waals surface area (Å²) in [4.78, 5) is 44.0. The third-order valence-electron chi connectivity index (χ3n) is 8.55. The van der Waals surface area contributed by atoms with E-state index in [4.69, 9.17) is 28.9 Å². The van der Waals surface area contributed by atoms with Crippen LogP contribution in [0.15, 0.2) is 60.7 Å². The van der Waals surface area contributed by atoms with Gasteiger partial charge in [0, 0.05) is 33.9 Å². The fourth-order valence-corrected chi connectivity index (χ4v) is 7.34. The molecule has 1 spiro atoms. The predicted molar refractivity (Wildman–Crippen MR) is 157 cm³/mol. The standard InChI is InChI=1S/C31H29Cl2FN4O3/c1-30(2,3)14-23-31(20-12-9-17(32)13-22(20)36-29(31)41)24(19-5-4-6-21(33)25(19)34)26-28(40)37(15-38(23)26)18-10-7-16(8-11-18)27(35)39/h4-13,23-24,26H,14-15H2,1-3H3,(H2,35,39)(H,36,41)/t23-,24-,26+,31+/m0/s1. The number of hydrogen-bond donors (Lipinski definition) is 2. The molecule has 3 aliphatic rings. The van der Waals surface area contributed by atoms with E-state index in [1.165, 1.54) is 6.07 Å². The average Bonchev–Trinajstić information content (AvgIpc) is 3.48. The number of nitrogens with two attached hydrogens (primary N) is 1. The Morgan fingerprint density at radius 2 is 1.80 bits per heavy atom. The van der Waals surface area contributed by atoms with Gasteiger partial charge in [-0.2, -0.15) is 0 Å². The zero-order valence-electron chi connectivity index (χ0n) is 22.8. The maximum absolute atomic E-state index is 16.0. The van der Waals surface area contributed by atoms with Crippen LogP contribution >= 0.6 is 23.2 Å². The number of nitrogens with one attached hydrogen (secondary N) is 1. The van der Waals surface area contributed by atoms with Crippen LogP contribution in [0.3, 0.4) is 0 Å². The molecule has 0 aliphatic carbocycles. The Morgan fingerprint density at radius 3 is 2.46 bits per heavy atom. The highest BCUT2D eigenvalue weighted by molar-refractivity contribution is 6.31. The van der Waals surface area contributed by atoms with Gasteiger partial charge in [-0.05, 0) is 65.4 Å². The molecule has 2 saturated heterocycles. The molecule has 3 aromatic rings. The summed E-state index contributed by atoms with van der Waals surface area (Å²) in [7, 11) is 0. The summed E-state index contributed by atoms with van der Waals surface area (Å²) in [6.45, 7) is 6.42. The molecule has 7 nitrogen and oxygen atoms in total. The van der Waals surface area contributed by atoms with Gasteiger partial charge in [0.2, 0.25) is 17.7 Å². The molecule has 2 fully saturated rings.